The fraction of sp³-hybridized carbons (Fsp3) is 0.562. The second-order valence-corrected chi connectivity index (χ2v) is 5.51. The van der Waals surface area contributed by atoms with Crippen LogP contribution in [0.1, 0.15) is 19.3 Å². The first-order valence-electron chi connectivity index (χ1n) is 7.38. The number of likely N-dealkylation sites (N-methyl/N-ethyl adjacent to an activating group) is 1. The molecule has 122 valence electrons. The number of ether oxygens (including phenoxy) is 2. The summed E-state index contributed by atoms with van der Waals surface area (Å²) in [6, 6.07) is 5.22. The molecule has 1 aliphatic carbocycles. The van der Waals surface area contributed by atoms with E-state index in [9.17, 15) is 14.3 Å². The summed E-state index contributed by atoms with van der Waals surface area (Å²) in [5.41, 5.74) is 0. The highest BCUT2D eigenvalue weighted by molar-refractivity contribution is 5.77. The first-order valence-corrected chi connectivity index (χ1v) is 7.38. The van der Waals surface area contributed by atoms with E-state index in [1.54, 1.807) is 14.2 Å². The minimum Gasteiger partial charge on any atom is -0.484 e. The van der Waals surface area contributed by atoms with E-state index in [0.29, 0.717) is 5.75 Å². The molecule has 0 unspecified atom stereocenters. The lowest BCUT2D eigenvalue weighted by Crippen LogP contribution is -2.53. The van der Waals surface area contributed by atoms with E-state index in [2.05, 4.69) is 0 Å². The van der Waals surface area contributed by atoms with E-state index in [-0.39, 0.29) is 30.5 Å². The predicted octanol–water partition coefficient (Wildman–Crippen LogP) is 1.59. The molecular formula is C16H22FNO4. The van der Waals surface area contributed by atoms with Crippen LogP contribution in [-0.4, -0.2) is 54.9 Å². The van der Waals surface area contributed by atoms with Gasteiger partial charge in [-0.1, -0.05) is 0 Å². The van der Waals surface area contributed by atoms with Gasteiger partial charge in [-0.2, -0.15) is 0 Å². The van der Waals surface area contributed by atoms with E-state index in [0.717, 1.165) is 19.3 Å². The van der Waals surface area contributed by atoms with Crippen molar-refractivity contribution in [3.05, 3.63) is 30.1 Å². The van der Waals surface area contributed by atoms with Gasteiger partial charge in [-0.15, -0.1) is 0 Å². The number of carbonyl (C=O) groups excluding carboxylic acids is 1. The molecule has 1 saturated carbocycles. The summed E-state index contributed by atoms with van der Waals surface area (Å²) >= 11 is 0. The lowest BCUT2D eigenvalue weighted by Gasteiger charge is -2.39. The highest BCUT2D eigenvalue weighted by Gasteiger charge is 2.36. The minimum absolute atomic E-state index is 0.150. The Balaban J connectivity index is 1.89. The van der Waals surface area contributed by atoms with Gasteiger partial charge in [-0.05, 0) is 43.5 Å². The molecule has 0 radical (unpaired) electrons. The van der Waals surface area contributed by atoms with Gasteiger partial charge >= 0.3 is 0 Å². The second-order valence-electron chi connectivity index (χ2n) is 5.51. The molecule has 1 aromatic carbocycles. The first kappa shape index (κ1) is 16.7. The van der Waals surface area contributed by atoms with Crippen molar-refractivity contribution in [1.82, 2.24) is 4.90 Å². The van der Waals surface area contributed by atoms with Crippen LogP contribution in [-0.2, 0) is 9.53 Å². The Hall–Kier alpha value is -1.66. The number of rotatable bonds is 5. The standard InChI is InChI=1S/C16H22FNO4/c1-18(13-4-3-5-14(21-2)16(13)20)15(19)10-22-12-8-6-11(17)7-9-12/h6-9,13-14,16,20H,3-5,10H2,1-2H3/t13-,14-,16-/m1/s1. The van der Waals surface area contributed by atoms with Crippen LogP contribution in [0.3, 0.4) is 0 Å². The molecule has 1 N–H and O–H groups in total. The van der Waals surface area contributed by atoms with Crippen LogP contribution >= 0.6 is 0 Å². The van der Waals surface area contributed by atoms with Gasteiger partial charge in [0.15, 0.2) is 6.61 Å². The normalized spacial score (nSPS) is 24.8. The van der Waals surface area contributed by atoms with Gasteiger partial charge in [0.1, 0.15) is 17.7 Å². The smallest absolute Gasteiger partial charge is 0.260 e. The summed E-state index contributed by atoms with van der Waals surface area (Å²) in [4.78, 5) is 13.7. The minimum atomic E-state index is -0.696. The van der Waals surface area contributed by atoms with Crippen molar-refractivity contribution in [2.24, 2.45) is 0 Å². The third kappa shape index (κ3) is 3.96. The average Bonchev–Trinajstić information content (AvgIpc) is 2.53. The van der Waals surface area contributed by atoms with Gasteiger partial charge in [0, 0.05) is 14.2 Å². The lowest BCUT2D eigenvalue weighted by molar-refractivity contribution is -0.142. The molecule has 0 heterocycles. The maximum absolute atomic E-state index is 12.8. The first-order chi connectivity index (χ1) is 10.5. The van der Waals surface area contributed by atoms with E-state index >= 15 is 0 Å². The molecule has 1 aromatic rings. The molecule has 5 nitrogen and oxygen atoms in total. The van der Waals surface area contributed by atoms with Crippen LogP contribution in [0, 0.1) is 5.82 Å². The Morgan fingerprint density at radius 3 is 2.68 bits per heavy atom. The number of nitrogens with zero attached hydrogens (tertiary/aromatic N) is 1. The quantitative estimate of drug-likeness (QED) is 0.897. The van der Waals surface area contributed by atoms with Crippen LogP contribution in [0.4, 0.5) is 4.39 Å². The van der Waals surface area contributed by atoms with Gasteiger partial charge in [0.05, 0.1) is 12.1 Å². The molecule has 1 amide bonds. The lowest BCUT2D eigenvalue weighted by atomic mass is 9.89. The van der Waals surface area contributed by atoms with Gasteiger partial charge in [0.2, 0.25) is 0 Å². The molecule has 0 saturated heterocycles. The highest BCUT2D eigenvalue weighted by Crippen LogP contribution is 2.25. The number of amides is 1. The van der Waals surface area contributed by atoms with Crippen LogP contribution in [0.25, 0.3) is 0 Å². The maximum Gasteiger partial charge on any atom is 0.260 e. The number of aliphatic hydroxyl groups is 1. The fourth-order valence-electron chi connectivity index (χ4n) is 2.76. The fourth-order valence-corrected chi connectivity index (χ4v) is 2.76. The Morgan fingerprint density at radius 1 is 1.36 bits per heavy atom. The third-order valence-electron chi connectivity index (χ3n) is 4.13. The molecule has 0 bridgehead atoms. The number of hydrogen-bond donors (Lipinski definition) is 1. The average molecular weight is 311 g/mol. The summed E-state index contributed by atoms with van der Waals surface area (Å²) in [7, 11) is 3.22. The number of hydrogen-bond acceptors (Lipinski definition) is 4. The third-order valence-corrected chi connectivity index (χ3v) is 4.13. The number of carbonyl (C=O) groups is 1. The van der Waals surface area contributed by atoms with Crippen molar-refractivity contribution >= 4 is 5.91 Å². The summed E-state index contributed by atoms with van der Waals surface area (Å²) in [6.45, 7) is -0.150. The predicted molar refractivity (Wildman–Crippen MR) is 79.1 cm³/mol. The molecule has 1 aliphatic rings. The summed E-state index contributed by atoms with van der Waals surface area (Å²) in [5.74, 6) is -0.154. The maximum atomic E-state index is 12.8. The van der Waals surface area contributed by atoms with Crippen molar-refractivity contribution in [1.29, 1.82) is 0 Å². The molecule has 0 spiro atoms. The molecule has 3 atom stereocenters. The second kappa shape index (κ2) is 7.56. The topological polar surface area (TPSA) is 59.0 Å². The van der Waals surface area contributed by atoms with Gasteiger partial charge in [0.25, 0.3) is 5.91 Å². The van der Waals surface area contributed by atoms with Gasteiger partial charge in [-0.3, -0.25) is 4.79 Å². The van der Waals surface area contributed by atoms with Crippen molar-refractivity contribution in [3.8, 4) is 5.75 Å². The zero-order valence-corrected chi connectivity index (χ0v) is 12.9. The summed E-state index contributed by atoms with van der Waals surface area (Å²) in [5, 5.41) is 10.3. The van der Waals surface area contributed by atoms with E-state index in [1.807, 2.05) is 0 Å². The number of halogens is 1. The Labute approximate surface area is 129 Å². The molecule has 6 heteroatoms. The Morgan fingerprint density at radius 2 is 2.05 bits per heavy atom. The van der Waals surface area contributed by atoms with Crippen molar-refractivity contribution in [2.45, 2.75) is 37.5 Å². The van der Waals surface area contributed by atoms with Crippen molar-refractivity contribution in [2.75, 3.05) is 20.8 Å². The van der Waals surface area contributed by atoms with Gasteiger partial charge < -0.3 is 19.5 Å². The molecule has 2 rings (SSSR count). The molecular weight excluding hydrogens is 289 g/mol. The SMILES string of the molecule is CO[C@@H]1CCC[C@@H](N(C)C(=O)COc2ccc(F)cc2)[C@H]1O. The molecule has 0 aliphatic heterocycles. The van der Waals surface area contributed by atoms with Gasteiger partial charge in [-0.25, -0.2) is 4.39 Å². The molecule has 22 heavy (non-hydrogen) atoms. The monoisotopic (exact) mass is 311 g/mol. The van der Waals surface area contributed by atoms with Crippen LogP contribution < -0.4 is 4.74 Å². The number of methoxy groups -OCH3 is 1. The Kier molecular flexibility index (Phi) is 5.74. The molecule has 1 fully saturated rings. The summed E-state index contributed by atoms with van der Waals surface area (Å²) in [6.07, 6.45) is 1.49. The van der Waals surface area contributed by atoms with Crippen LogP contribution in [0.5, 0.6) is 5.75 Å². The summed E-state index contributed by atoms with van der Waals surface area (Å²) < 4.78 is 23.4. The van der Waals surface area contributed by atoms with Crippen molar-refractivity contribution < 1.29 is 23.8 Å². The van der Waals surface area contributed by atoms with Crippen LogP contribution in [0.2, 0.25) is 0 Å². The number of benzene rings is 1. The van der Waals surface area contributed by atoms with E-state index in [1.165, 1.54) is 29.2 Å². The van der Waals surface area contributed by atoms with E-state index in [4.69, 9.17) is 9.47 Å². The Bertz CT molecular complexity index is 493. The highest BCUT2D eigenvalue weighted by atomic mass is 19.1. The zero-order valence-electron chi connectivity index (χ0n) is 12.9. The zero-order chi connectivity index (χ0) is 16.1. The molecule has 0 aromatic heterocycles. The largest absolute Gasteiger partial charge is 0.484 e. The van der Waals surface area contributed by atoms with Crippen molar-refractivity contribution in [3.63, 3.8) is 0 Å². The number of aliphatic hydroxyl groups excluding tert-OH is 1. The van der Waals surface area contributed by atoms with Crippen LogP contribution in [0.15, 0.2) is 24.3 Å². The van der Waals surface area contributed by atoms with E-state index < -0.39 is 6.10 Å².